The first-order valence-electron chi connectivity index (χ1n) is 7.42. The fraction of sp³-hybridized carbons (Fsp3) is 0.625. The molecule has 112 valence electrons. The lowest BCUT2D eigenvalue weighted by molar-refractivity contribution is 0.246. The van der Waals surface area contributed by atoms with Crippen molar-refractivity contribution in [1.29, 1.82) is 0 Å². The van der Waals surface area contributed by atoms with Crippen LogP contribution in [0.2, 0.25) is 0 Å². The quantitative estimate of drug-likeness (QED) is 0.890. The highest BCUT2D eigenvalue weighted by Gasteiger charge is 2.19. The molecule has 4 heteroatoms. The maximum Gasteiger partial charge on any atom is 0.128 e. The molecule has 1 aromatic rings. The molecule has 1 fully saturated rings. The van der Waals surface area contributed by atoms with Crippen LogP contribution in [-0.4, -0.2) is 30.6 Å². The van der Waals surface area contributed by atoms with Gasteiger partial charge in [-0.25, -0.2) is 8.78 Å². The second-order valence-electron chi connectivity index (χ2n) is 5.84. The van der Waals surface area contributed by atoms with Gasteiger partial charge in [-0.05, 0) is 64.4 Å². The molecule has 1 aromatic carbocycles. The normalized spacial score (nSPS) is 19.2. The van der Waals surface area contributed by atoms with Crippen LogP contribution in [0.15, 0.2) is 12.1 Å². The first-order valence-corrected chi connectivity index (χ1v) is 7.42. The summed E-state index contributed by atoms with van der Waals surface area (Å²) in [6.45, 7) is 8.71. The molecule has 20 heavy (non-hydrogen) atoms. The Labute approximate surface area is 120 Å². The maximum atomic E-state index is 13.9. The molecule has 0 aromatic heterocycles. The van der Waals surface area contributed by atoms with Gasteiger partial charge in [-0.3, -0.25) is 4.90 Å². The molecule has 1 saturated heterocycles. The van der Waals surface area contributed by atoms with Gasteiger partial charge in [-0.15, -0.1) is 0 Å². The molecule has 2 rings (SSSR count). The standard InChI is InChI=1S/C16H24F2N2/c1-11-8-16(18)14(9-15(11)17)13(3)19-10-12(2)20-6-4-5-7-20/h8-9,12-13,19H,4-7,10H2,1-3H3. The van der Waals surface area contributed by atoms with Crippen LogP contribution in [0.4, 0.5) is 8.78 Å². The van der Waals surface area contributed by atoms with E-state index >= 15 is 0 Å². The van der Waals surface area contributed by atoms with E-state index in [9.17, 15) is 8.78 Å². The minimum Gasteiger partial charge on any atom is -0.309 e. The van der Waals surface area contributed by atoms with Crippen molar-refractivity contribution in [2.24, 2.45) is 0 Å². The fourth-order valence-electron chi connectivity index (χ4n) is 2.76. The van der Waals surface area contributed by atoms with Crippen molar-refractivity contribution in [2.45, 2.75) is 45.7 Å². The van der Waals surface area contributed by atoms with Crippen molar-refractivity contribution < 1.29 is 8.78 Å². The molecule has 1 heterocycles. The van der Waals surface area contributed by atoms with Gasteiger partial charge in [0.1, 0.15) is 11.6 Å². The summed E-state index contributed by atoms with van der Waals surface area (Å²) in [5.41, 5.74) is 0.755. The molecule has 0 bridgehead atoms. The number of rotatable bonds is 5. The average Bonchev–Trinajstić information content (AvgIpc) is 2.94. The average molecular weight is 282 g/mol. The molecule has 0 aliphatic carbocycles. The van der Waals surface area contributed by atoms with E-state index in [1.165, 1.54) is 25.0 Å². The zero-order valence-electron chi connectivity index (χ0n) is 12.5. The summed E-state index contributed by atoms with van der Waals surface area (Å²) in [4.78, 5) is 2.44. The van der Waals surface area contributed by atoms with Crippen LogP contribution in [-0.2, 0) is 0 Å². The second-order valence-corrected chi connectivity index (χ2v) is 5.84. The summed E-state index contributed by atoms with van der Waals surface area (Å²) in [6, 6.07) is 2.82. The zero-order valence-corrected chi connectivity index (χ0v) is 12.5. The molecule has 0 amide bonds. The molecule has 0 radical (unpaired) electrons. The van der Waals surface area contributed by atoms with E-state index in [0.29, 0.717) is 17.2 Å². The van der Waals surface area contributed by atoms with E-state index in [2.05, 4.69) is 17.1 Å². The van der Waals surface area contributed by atoms with Gasteiger partial charge in [0.05, 0.1) is 0 Å². The van der Waals surface area contributed by atoms with Gasteiger partial charge in [0, 0.05) is 24.2 Å². The van der Waals surface area contributed by atoms with Gasteiger partial charge in [0.25, 0.3) is 0 Å². The van der Waals surface area contributed by atoms with E-state index in [-0.39, 0.29) is 17.7 Å². The van der Waals surface area contributed by atoms with Crippen LogP contribution in [0.5, 0.6) is 0 Å². The summed E-state index contributed by atoms with van der Waals surface area (Å²) in [5.74, 6) is -0.680. The topological polar surface area (TPSA) is 15.3 Å². The minimum absolute atomic E-state index is 0.185. The van der Waals surface area contributed by atoms with Crippen LogP contribution < -0.4 is 5.32 Å². The predicted octanol–water partition coefficient (Wildman–Crippen LogP) is 3.41. The molecule has 0 spiro atoms. The van der Waals surface area contributed by atoms with E-state index in [1.54, 1.807) is 6.92 Å². The van der Waals surface area contributed by atoms with Gasteiger partial charge in [-0.1, -0.05) is 0 Å². The largest absolute Gasteiger partial charge is 0.309 e. The van der Waals surface area contributed by atoms with Crippen LogP contribution in [0.1, 0.15) is 43.9 Å². The SMILES string of the molecule is Cc1cc(F)c(C(C)NCC(C)N2CCCC2)cc1F. The van der Waals surface area contributed by atoms with E-state index in [0.717, 1.165) is 19.6 Å². The Hall–Kier alpha value is -1.00. The summed E-state index contributed by atoms with van der Waals surface area (Å²) in [5, 5.41) is 3.31. The number of nitrogens with zero attached hydrogens (tertiary/aromatic N) is 1. The Balaban J connectivity index is 1.94. The molecule has 1 aliphatic heterocycles. The number of nitrogens with one attached hydrogen (secondary N) is 1. The number of hydrogen-bond donors (Lipinski definition) is 1. The van der Waals surface area contributed by atoms with Crippen LogP contribution in [0.25, 0.3) is 0 Å². The summed E-state index contributed by atoms with van der Waals surface area (Å²) in [6.07, 6.45) is 2.52. The van der Waals surface area contributed by atoms with E-state index < -0.39 is 0 Å². The van der Waals surface area contributed by atoms with Crippen molar-refractivity contribution in [3.63, 3.8) is 0 Å². The highest BCUT2D eigenvalue weighted by Crippen LogP contribution is 2.21. The minimum atomic E-state index is -0.345. The molecule has 2 unspecified atom stereocenters. The number of halogens is 2. The molecule has 2 atom stereocenters. The fourth-order valence-corrected chi connectivity index (χ4v) is 2.76. The smallest absolute Gasteiger partial charge is 0.128 e. The van der Waals surface area contributed by atoms with Crippen LogP contribution in [0, 0.1) is 18.6 Å². The monoisotopic (exact) mass is 282 g/mol. The Morgan fingerprint density at radius 2 is 1.80 bits per heavy atom. The summed E-state index contributed by atoms with van der Waals surface area (Å²) in [7, 11) is 0. The molecular formula is C16H24F2N2. The molecule has 0 saturated carbocycles. The lowest BCUT2D eigenvalue weighted by Crippen LogP contribution is -2.39. The second kappa shape index (κ2) is 6.64. The third kappa shape index (κ3) is 3.55. The van der Waals surface area contributed by atoms with E-state index in [4.69, 9.17) is 0 Å². The first-order chi connectivity index (χ1) is 9.49. The van der Waals surface area contributed by atoms with Crippen LogP contribution in [0.3, 0.4) is 0 Å². The third-order valence-corrected chi connectivity index (χ3v) is 4.23. The van der Waals surface area contributed by atoms with Gasteiger partial charge in [0.2, 0.25) is 0 Å². The highest BCUT2D eigenvalue weighted by atomic mass is 19.1. The Morgan fingerprint density at radius 3 is 2.45 bits per heavy atom. The van der Waals surface area contributed by atoms with Crippen molar-refractivity contribution in [3.8, 4) is 0 Å². The number of aryl methyl sites for hydroxylation is 1. The van der Waals surface area contributed by atoms with Crippen molar-refractivity contribution >= 4 is 0 Å². The lowest BCUT2D eigenvalue weighted by atomic mass is 10.0. The van der Waals surface area contributed by atoms with Crippen LogP contribution >= 0.6 is 0 Å². The summed E-state index contributed by atoms with van der Waals surface area (Å²) >= 11 is 0. The van der Waals surface area contributed by atoms with Crippen molar-refractivity contribution in [3.05, 3.63) is 34.9 Å². The maximum absolute atomic E-state index is 13.9. The Morgan fingerprint density at radius 1 is 1.15 bits per heavy atom. The lowest BCUT2D eigenvalue weighted by Gasteiger charge is -2.26. The zero-order chi connectivity index (χ0) is 14.7. The molecule has 2 nitrogen and oxygen atoms in total. The van der Waals surface area contributed by atoms with Gasteiger partial charge in [0.15, 0.2) is 0 Å². The molecule has 1 N–H and O–H groups in total. The molecular weight excluding hydrogens is 258 g/mol. The van der Waals surface area contributed by atoms with Crippen molar-refractivity contribution in [2.75, 3.05) is 19.6 Å². The van der Waals surface area contributed by atoms with Crippen molar-refractivity contribution in [1.82, 2.24) is 10.2 Å². The molecule has 1 aliphatic rings. The number of benzene rings is 1. The number of likely N-dealkylation sites (tertiary alicyclic amines) is 1. The number of hydrogen-bond acceptors (Lipinski definition) is 2. The highest BCUT2D eigenvalue weighted by molar-refractivity contribution is 5.27. The Bertz CT molecular complexity index is 456. The van der Waals surface area contributed by atoms with E-state index in [1.807, 2.05) is 6.92 Å². The third-order valence-electron chi connectivity index (χ3n) is 4.23. The van der Waals surface area contributed by atoms with Gasteiger partial charge < -0.3 is 5.32 Å². The predicted molar refractivity (Wildman–Crippen MR) is 77.8 cm³/mol. The first kappa shape index (κ1) is 15.4. The van der Waals surface area contributed by atoms with Gasteiger partial charge in [-0.2, -0.15) is 0 Å². The summed E-state index contributed by atoms with van der Waals surface area (Å²) < 4.78 is 27.5. The Kier molecular flexibility index (Phi) is 5.11. The van der Waals surface area contributed by atoms with Gasteiger partial charge >= 0.3 is 0 Å².